The van der Waals surface area contributed by atoms with Crippen molar-refractivity contribution in [3.05, 3.63) is 64.7 Å². The Kier molecular flexibility index (Phi) is 5.46. The maximum absolute atomic E-state index is 13.2. The lowest BCUT2D eigenvalue weighted by molar-refractivity contribution is -0.136. The number of nitrogens with two attached hydrogens (primary N) is 1. The molecule has 0 bridgehead atoms. The zero-order valence-corrected chi connectivity index (χ0v) is 18.2. The van der Waals surface area contributed by atoms with E-state index in [1.165, 1.54) is 5.56 Å². The standard InChI is InChI=1S/C25H26N4O4/c26-17-7-4-15(12-17)14-5-8-18(9-6-14)27-13-16-2-1-3-19-22(16)25(33)29(24(19)32)20-10-11-21(30)28-23(20)31/h1-3,5-6,8-9,15,17,20,27H,4,7,10-13,26H2,(H,28,30,31)/t15-,17-,20?/m1/s1. The second-order valence-electron chi connectivity index (χ2n) is 9.03. The molecule has 2 aromatic carbocycles. The third-order valence-electron chi connectivity index (χ3n) is 6.89. The van der Waals surface area contributed by atoms with Crippen molar-refractivity contribution in [2.45, 2.75) is 56.7 Å². The molecule has 4 amide bonds. The Morgan fingerprint density at radius 3 is 2.45 bits per heavy atom. The molecule has 0 aromatic heterocycles. The van der Waals surface area contributed by atoms with Gasteiger partial charge in [0.15, 0.2) is 0 Å². The topological polar surface area (TPSA) is 122 Å². The molecule has 33 heavy (non-hydrogen) atoms. The van der Waals surface area contributed by atoms with Gasteiger partial charge in [-0.05, 0) is 60.9 Å². The van der Waals surface area contributed by atoms with E-state index in [0.29, 0.717) is 23.6 Å². The van der Waals surface area contributed by atoms with Gasteiger partial charge in [-0.15, -0.1) is 0 Å². The minimum Gasteiger partial charge on any atom is -0.381 e. The normalized spacial score (nSPS) is 24.8. The summed E-state index contributed by atoms with van der Waals surface area (Å²) in [6, 6.07) is 12.7. The Morgan fingerprint density at radius 2 is 1.76 bits per heavy atom. The van der Waals surface area contributed by atoms with Crippen LogP contribution in [0.15, 0.2) is 42.5 Å². The highest BCUT2D eigenvalue weighted by atomic mass is 16.2. The number of benzene rings is 2. The number of fused-ring (bicyclic) bond motifs is 1. The zero-order valence-electron chi connectivity index (χ0n) is 18.2. The van der Waals surface area contributed by atoms with Crippen LogP contribution in [0.5, 0.6) is 0 Å². The lowest BCUT2D eigenvalue weighted by atomic mass is 9.97. The molecule has 1 saturated heterocycles. The van der Waals surface area contributed by atoms with E-state index in [2.05, 4.69) is 22.8 Å². The van der Waals surface area contributed by atoms with E-state index in [9.17, 15) is 19.2 Å². The van der Waals surface area contributed by atoms with Gasteiger partial charge in [0.25, 0.3) is 11.8 Å². The fourth-order valence-electron chi connectivity index (χ4n) is 5.12. The second-order valence-corrected chi connectivity index (χ2v) is 9.03. The number of nitrogens with zero attached hydrogens (tertiary/aromatic N) is 1. The number of hydrogen-bond donors (Lipinski definition) is 3. The summed E-state index contributed by atoms with van der Waals surface area (Å²) in [5.74, 6) is -1.48. The first kappa shape index (κ1) is 21.3. The van der Waals surface area contributed by atoms with Gasteiger partial charge in [0, 0.05) is 24.7 Å². The van der Waals surface area contributed by atoms with Crippen LogP contribution >= 0.6 is 0 Å². The summed E-state index contributed by atoms with van der Waals surface area (Å²) in [6.45, 7) is 0.360. The Morgan fingerprint density at radius 1 is 0.970 bits per heavy atom. The molecule has 3 atom stereocenters. The first-order valence-electron chi connectivity index (χ1n) is 11.3. The van der Waals surface area contributed by atoms with E-state index in [0.717, 1.165) is 29.8 Å². The third-order valence-corrected chi connectivity index (χ3v) is 6.89. The molecule has 1 saturated carbocycles. The molecule has 1 aliphatic carbocycles. The van der Waals surface area contributed by atoms with Gasteiger partial charge in [-0.2, -0.15) is 0 Å². The minimum atomic E-state index is -0.966. The average molecular weight is 447 g/mol. The van der Waals surface area contributed by atoms with E-state index in [4.69, 9.17) is 5.73 Å². The molecule has 4 N–H and O–H groups in total. The minimum absolute atomic E-state index is 0.0982. The lowest BCUT2D eigenvalue weighted by Gasteiger charge is -2.27. The second kappa shape index (κ2) is 8.44. The highest BCUT2D eigenvalue weighted by Gasteiger charge is 2.45. The van der Waals surface area contributed by atoms with Gasteiger partial charge < -0.3 is 11.1 Å². The molecule has 2 aliphatic heterocycles. The van der Waals surface area contributed by atoms with Crippen LogP contribution < -0.4 is 16.4 Å². The number of carbonyl (C=O) groups is 4. The predicted molar refractivity (Wildman–Crippen MR) is 121 cm³/mol. The van der Waals surface area contributed by atoms with E-state index in [-0.39, 0.29) is 30.4 Å². The number of hydrogen-bond acceptors (Lipinski definition) is 6. The van der Waals surface area contributed by atoms with E-state index >= 15 is 0 Å². The lowest BCUT2D eigenvalue weighted by Crippen LogP contribution is -2.54. The van der Waals surface area contributed by atoms with Gasteiger partial charge in [-0.1, -0.05) is 24.3 Å². The Labute approximate surface area is 191 Å². The van der Waals surface area contributed by atoms with Crippen molar-refractivity contribution in [1.82, 2.24) is 10.2 Å². The van der Waals surface area contributed by atoms with Crippen molar-refractivity contribution in [2.24, 2.45) is 5.73 Å². The summed E-state index contributed by atoms with van der Waals surface area (Å²) in [4.78, 5) is 50.9. The van der Waals surface area contributed by atoms with Crippen LogP contribution in [-0.4, -0.2) is 40.6 Å². The number of piperidine rings is 1. The summed E-state index contributed by atoms with van der Waals surface area (Å²) in [7, 11) is 0. The van der Waals surface area contributed by atoms with Crippen molar-refractivity contribution in [1.29, 1.82) is 0 Å². The van der Waals surface area contributed by atoms with E-state index in [1.807, 2.05) is 12.1 Å². The third kappa shape index (κ3) is 3.91. The number of carbonyl (C=O) groups excluding carboxylic acids is 4. The molecular weight excluding hydrogens is 420 g/mol. The maximum Gasteiger partial charge on any atom is 0.262 e. The van der Waals surface area contributed by atoms with Crippen molar-refractivity contribution in [3.63, 3.8) is 0 Å². The average Bonchev–Trinajstić information content (AvgIpc) is 3.35. The highest BCUT2D eigenvalue weighted by molar-refractivity contribution is 6.24. The molecule has 2 aromatic rings. The monoisotopic (exact) mass is 446 g/mol. The van der Waals surface area contributed by atoms with Crippen LogP contribution in [-0.2, 0) is 16.1 Å². The molecule has 8 nitrogen and oxygen atoms in total. The first-order chi connectivity index (χ1) is 15.9. The van der Waals surface area contributed by atoms with Crippen LogP contribution in [0.4, 0.5) is 5.69 Å². The summed E-state index contributed by atoms with van der Waals surface area (Å²) >= 11 is 0. The largest absolute Gasteiger partial charge is 0.381 e. The van der Waals surface area contributed by atoms with Crippen LogP contribution in [0, 0.1) is 0 Å². The molecular formula is C25H26N4O4. The van der Waals surface area contributed by atoms with Crippen molar-refractivity contribution >= 4 is 29.3 Å². The van der Waals surface area contributed by atoms with Gasteiger partial charge in [0.2, 0.25) is 11.8 Å². The summed E-state index contributed by atoms with van der Waals surface area (Å²) in [6.07, 6.45) is 3.43. The number of imide groups is 2. The molecule has 0 spiro atoms. The van der Waals surface area contributed by atoms with Crippen molar-refractivity contribution < 1.29 is 19.2 Å². The fourth-order valence-corrected chi connectivity index (χ4v) is 5.12. The Bertz CT molecular complexity index is 1140. The van der Waals surface area contributed by atoms with Crippen LogP contribution in [0.1, 0.15) is 69.9 Å². The number of rotatable bonds is 5. The predicted octanol–water partition coefficient (Wildman–Crippen LogP) is 2.29. The smallest absolute Gasteiger partial charge is 0.262 e. The van der Waals surface area contributed by atoms with Crippen molar-refractivity contribution in [3.8, 4) is 0 Å². The number of anilines is 1. The molecule has 170 valence electrons. The quantitative estimate of drug-likeness (QED) is 0.606. The van der Waals surface area contributed by atoms with Crippen LogP contribution in [0.25, 0.3) is 0 Å². The maximum atomic E-state index is 13.2. The summed E-state index contributed by atoms with van der Waals surface area (Å²) in [5, 5.41) is 5.55. The molecule has 1 unspecified atom stereocenters. The molecule has 5 rings (SSSR count). The zero-order chi connectivity index (χ0) is 23.1. The van der Waals surface area contributed by atoms with E-state index in [1.54, 1.807) is 18.2 Å². The Balaban J connectivity index is 1.31. The van der Waals surface area contributed by atoms with Gasteiger partial charge >= 0.3 is 0 Å². The Hall–Kier alpha value is -3.52. The summed E-state index contributed by atoms with van der Waals surface area (Å²) < 4.78 is 0. The molecule has 3 aliphatic rings. The van der Waals surface area contributed by atoms with Gasteiger partial charge in [0.05, 0.1) is 11.1 Å². The van der Waals surface area contributed by atoms with Gasteiger partial charge in [0.1, 0.15) is 6.04 Å². The van der Waals surface area contributed by atoms with Gasteiger partial charge in [-0.25, -0.2) is 0 Å². The van der Waals surface area contributed by atoms with E-state index < -0.39 is 23.8 Å². The first-order valence-corrected chi connectivity index (χ1v) is 11.3. The molecule has 2 fully saturated rings. The highest BCUT2D eigenvalue weighted by Crippen LogP contribution is 2.34. The van der Waals surface area contributed by atoms with Gasteiger partial charge in [-0.3, -0.25) is 29.4 Å². The van der Waals surface area contributed by atoms with Crippen LogP contribution in [0.2, 0.25) is 0 Å². The summed E-state index contributed by atoms with van der Waals surface area (Å²) in [5.41, 5.74) is 9.53. The molecule has 2 heterocycles. The number of amides is 4. The fraction of sp³-hybridized carbons (Fsp3) is 0.360. The molecule has 0 radical (unpaired) electrons. The number of nitrogens with one attached hydrogen (secondary N) is 2. The SMILES string of the molecule is N[C@@H]1CC[C@@H](c2ccc(NCc3cccc4c3C(=O)N(C3CCC(=O)NC3=O)C4=O)cc2)C1. The molecule has 8 heteroatoms. The van der Waals surface area contributed by atoms with Crippen molar-refractivity contribution in [2.75, 3.05) is 5.32 Å². The van der Waals surface area contributed by atoms with Crippen LogP contribution in [0.3, 0.4) is 0 Å².